The fourth-order valence-electron chi connectivity index (χ4n) is 5.85. The Labute approximate surface area is 277 Å². The number of unbranched alkanes of at least 4 members (excludes halogenated alkanes) is 1. The molecular weight excluding hydrogens is 608 g/mol. The van der Waals surface area contributed by atoms with E-state index >= 15 is 0 Å². The predicted octanol–water partition coefficient (Wildman–Crippen LogP) is 6.13. The fourth-order valence-corrected chi connectivity index (χ4v) is 5.85. The van der Waals surface area contributed by atoms with Gasteiger partial charge in [-0.2, -0.15) is 0 Å². The highest BCUT2D eigenvalue weighted by Crippen LogP contribution is 2.50. The molecule has 0 aromatic heterocycles. The van der Waals surface area contributed by atoms with Gasteiger partial charge in [0, 0.05) is 30.9 Å². The lowest BCUT2D eigenvalue weighted by Crippen LogP contribution is -2.50. The average molecular weight is 661 g/mol. The first-order chi connectivity index (χ1) is 22.1. The van der Waals surface area contributed by atoms with E-state index in [9.17, 15) is 24.3 Å². The summed E-state index contributed by atoms with van der Waals surface area (Å²) in [5.41, 5.74) is 0.415. The zero-order valence-electron chi connectivity index (χ0n) is 28.2. The van der Waals surface area contributed by atoms with Crippen LogP contribution in [-0.2, 0) is 33.4 Å². The van der Waals surface area contributed by atoms with Gasteiger partial charge in [-0.05, 0) is 57.1 Å². The highest BCUT2D eigenvalue weighted by molar-refractivity contribution is 5.81. The molecule has 262 valence electrons. The van der Waals surface area contributed by atoms with Crippen molar-refractivity contribution in [2.75, 3.05) is 0 Å². The number of carboxylic acids is 3. The Bertz CT molecular complexity index is 1250. The van der Waals surface area contributed by atoms with Gasteiger partial charge in [-0.3, -0.25) is 9.59 Å². The predicted molar refractivity (Wildman–Crippen MR) is 175 cm³/mol. The fraction of sp³-hybridized carbons (Fsp3) is 0.611. The van der Waals surface area contributed by atoms with Gasteiger partial charge in [0.15, 0.2) is 5.79 Å². The van der Waals surface area contributed by atoms with E-state index in [0.29, 0.717) is 37.7 Å². The number of carbonyl (C=O) groups excluding carboxylic acids is 1. The number of ether oxygens (including phenoxy) is 3. The van der Waals surface area contributed by atoms with Crippen molar-refractivity contribution in [2.45, 2.75) is 129 Å². The topological polar surface area (TPSA) is 177 Å². The second-order valence-corrected chi connectivity index (χ2v) is 12.8. The summed E-state index contributed by atoms with van der Waals surface area (Å²) in [5, 5.41) is 37.4. The van der Waals surface area contributed by atoms with E-state index in [1.165, 1.54) is 6.08 Å². The third-order valence-corrected chi connectivity index (χ3v) is 8.77. The molecule has 2 heterocycles. The van der Waals surface area contributed by atoms with Crippen LogP contribution in [0, 0.1) is 11.8 Å². The van der Waals surface area contributed by atoms with Gasteiger partial charge in [-0.1, -0.05) is 69.6 Å². The van der Waals surface area contributed by atoms with Crippen molar-refractivity contribution in [1.82, 2.24) is 0 Å². The molecule has 2 aliphatic rings. The van der Waals surface area contributed by atoms with Crippen LogP contribution < -0.4 is 0 Å². The minimum atomic E-state index is -1.11. The summed E-state index contributed by atoms with van der Waals surface area (Å²) in [6.07, 6.45) is 15.0. The molecule has 0 amide bonds. The van der Waals surface area contributed by atoms with E-state index in [2.05, 4.69) is 6.92 Å². The summed E-state index contributed by atoms with van der Waals surface area (Å²) in [5.74, 6) is -4.99. The van der Waals surface area contributed by atoms with E-state index in [-0.39, 0.29) is 30.8 Å². The van der Waals surface area contributed by atoms with Crippen LogP contribution in [0.2, 0.25) is 0 Å². The van der Waals surface area contributed by atoms with E-state index < -0.39 is 47.5 Å². The smallest absolute Gasteiger partial charge is 0.328 e. The van der Waals surface area contributed by atoms with Gasteiger partial charge < -0.3 is 34.6 Å². The molecule has 0 bridgehead atoms. The Morgan fingerprint density at radius 3 is 2.28 bits per heavy atom. The summed E-state index contributed by atoms with van der Waals surface area (Å²) in [7, 11) is 0. The maximum Gasteiger partial charge on any atom is 0.328 e. The molecule has 2 rings (SSSR count). The first-order valence-corrected chi connectivity index (χ1v) is 16.4. The molecule has 2 saturated heterocycles. The molecule has 47 heavy (non-hydrogen) atoms. The summed E-state index contributed by atoms with van der Waals surface area (Å²) >= 11 is 0. The van der Waals surface area contributed by atoms with Crippen LogP contribution in [0.25, 0.3) is 0 Å². The normalized spacial score (nSPS) is 27.4. The van der Waals surface area contributed by atoms with Crippen molar-refractivity contribution in [2.24, 2.45) is 11.8 Å². The van der Waals surface area contributed by atoms with Crippen LogP contribution in [0.15, 0.2) is 59.8 Å². The maximum atomic E-state index is 12.8. The van der Waals surface area contributed by atoms with Crippen LogP contribution in [0.1, 0.15) is 98.8 Å². The van der Waals surface area contributed by atoms with Crippen molar-refractivity contribution in [1.29, 1.82) is 0 Å². The van der Waals surface area contributed by atoms with E-state index in [4.69, 9.17) is 29.5 Å². The Kier molecular flexibility index (Phi) is 15.8. The van der Waals surface area contributed by atoms with Crippen molar-refractivity contribution in [3.63, 3.8) is 0 Å². The average Bonchev–Trinajstić information content (AvgIpc) is 3.37. The van der Waals surface area contributed by atoms with Gasteiger partial charge in [0.25, 0.3) is 0 Å². The van der Waals surface area contributed by atoms with Crippen molar-refractivity contribution in [3.05, 3.63) is 59.8 Å². The molecule has 0 aromatic rings. The number of carboxylic acid groups (broad SMARTS) is 3. The SMILES string of the molecule is CCCC[C@]1([C@H](/C=C/C(C)=C/C(=O)O)OC(=O)CCC(=O)O)CC[C@@]2(CC[C@H](C)[C@@H](C/C=C(C)/C=C/[C@H](O)[C@@H](C)/C=C/C(=O)O)O2)O1. The van der Waals surface area contributed by atoms with E-state index in [1.807, 2.05) is 19.9 Å². The van der Waals surface area contributed by atoms with Gasteiger partial charge in [0.05, 0.1) is 25.0 Å². The molecular formula is C36H52O11. The van der Waals surface area contributed by atoms with Gasteiger partial charge in [-0.25, -0.2) is 9.59 Å². The molecule has 0 radical (unpaired) electrons. The van der Waals surface area contributed by atoms with E-state index in [1.54, 1.807) is 38.2 Å². The largest absolute Gasteiger partial charge is 0.481 e. The number of aliphatic hydroxyl groups is 1. The molecule has 2 aliphatic heterocycles. The Morgan fingerprint density at radius 1 is 0.936 bits per heavy atom. The number of aliphatic hydroxyl groups excluding tert-OH is 1. The highest BCUT2D eigenvalue weighted by Gasteiger charge is 2.56. The molecule has 0 aromatic carbocycles. The van der Waals surface area contributed by atoms with Crippen LogP contribution in [0.3, 0.4) is 0 Å². The number of esters is 1. The Hall–Kier alpha value is -3.54. The summed E-state index contributed by atoms with van der Waals surface area (Å²) in [6, 6.07) is 0. The first kappa shape index (κ1) is 39.6. The molecule has 1 spiro atoms. The van der Waals surface area contributed by atoms with Crippen LogP contribution in [-0.4, -0.2) is 74.0 Å². The zero-order chi connectivity index (χ0) is 35.2. The summed E-state index contributed by atoms with van der Waals surface area (Å²) in [6.45, 7) is 9.46. The number of hydrogen-bond acceptors (Lipinski definition) is 8. The lowest BCUT2D eigenvalue weighted by molar-refractivity contribution is -0.308. The van der Waals surface area contributed by atoms with Crippen LogP contribution in [0.4, 0.5) is 0 Å². The van der Waals surface area contributed by atoms with Crippen molar-refractivity contribution in [3.8, 4) is 0 Å². The Morgan fingerprint density at radius 2 is 1.64 bits per heavy atom. The quantitative estimate of drug-likeness (QED) is 0.0755. The first-order valence-electron chi connectivity index (χ1n) is 16.4. The van der Waals surface area contributed by atoms with Crippen molar-refractivity contribution < 1.29 is 53.8 Å². The number of hydrogen-bond donors (Lipinski definition) is 4. The van der Waals surface area contributed by atoms with E-state index in [0.717, 1.165) is 37.0 Å². The molecule has 11 nitrogen and oxygen atoms in total. The molecule has 0 saturated carbocycles. The molecule has 0 unspecified atom stereocenters. The second-order valence-electron chi connectivity index (χ2n) is 12.8. The third kappa shape index (κ3) is 13.2. The van der Waals surface area contributed by atoms with Crippen LogP contribution >= 0.6 is 0 Å². The Balaban J connectivity index is 2.28. The highest BCUT2D eigenvalue weighted by atomic mass is 16.7. The number of carbonyl (C=O) groups is 4. The molecule has 4 N–H and O–H groups in total. The third-order valence-electron chi connectivity index (χ3n) is 8.77. The lowest BCUT2D eigenvalue weighted by Gasteiger charge is -2.44. The van der Waals surface area contributed by atoms with Crippen LogP contribution in [0.5, 0.6) is 0 Å². The minimum absolute atomic E-state index is 0.163. The van der Waals surface area contributed by atoms with Gasteiger partial charge in [0.2, 0.25) is 0 Å². The summed E-state index contributed by atoms with van der Waals surface area (Å²) in [4.78, 5) is 45.8. The molecule has 0 aliphatic carbocycles. The van der Waals surface area contributed by atoms with Gasteiger partial charge in [0.1, 0.15) is 11.7 Å². The number of allylic oxidation sites excluding steroid dienone is 4. The molecule has 7 atom stereocenters. The van der Waals surface area contributed by atoms with Gasteiger partial charge >= 0.3 is 23.9 Å². The molecule has 11 heteroatoms. The molecule has 2 fully saturated rings. The summed E-state index contributed by atoms with van der Waals surface area (Å²) < 4.78 is 19.5. The lowest BCUT2D eigenvalue weighted by atomic mass is 9.85. The minimum Gasteiger partial charge on any atom is -0.481 e. The maximum absolute atomic E-state index is 12.8. The van der Waals surface area contributed by atoms with Gasteiger partial charge in [-0.15, -0.1) is 0 Å². The number of rotatable bonds is 18. The monoisotopic (exact) mass is 660 g/mol. The zero-order valence-corrected chi connectivity index (χ0v) is 28.2. The number of aliphatic carboxylic acids is 3. The second kappa shape index (κ2) is 18.7. The van der Waals surface area contributed by atoms with Crippen molar-refractivity contribution >= 4 is 23.9 Å². The standard InChI is InChI=1S/C36H52O11/c1-6-7-19-35(30(14-10-25(3)23-33(42)43)45-34(44)17-16-32(40)41)21-22-36(47-35)20-18-27(5)29(46-36)13-9-24(2)8-12-28(37)26(4)11-15-31(38)39/h8-12,14-15,23,26-30,37H,6-7,13,16-22H2,1-5H3,(H,38,39)(H,40,41)(H,42,43)/b12-8+,14-10+,15-11+,24-9+,25-23+/t26-,27-,28-,29+,30-,35+,36+/m0/s1.